The summed E-state index contributed by atoms with van der Waals surface area (Å²) in [6, 6.07) is 11.5. The van der Waals surface area contributed by atoms with Gasteiger partial charge in [0.15, 0.2) is 0 Å². The number of pyridine rings is 1. The summed E-state index contributed by atoms with van der Waals surface area (Å²) in [6.45, 7) is 6.57. The maximum atomic E-state index is 12.2. The molecule has 0 bridgehead atoms. The van der Waals surface area contributed by atoms with Crippen molar-refractivity contribution in [2.24, 2.45) is 0 Å². The molecule has 0 atom stereocenters. The first-order chi connectivity index (χ1) is 16.0. The molecule has 1 N–H and O–H groups in total. The van der Waals surface area contributed by atoms with Crippen LogP contribution < -0.4 is 4.90 Å². The zero-order valence-electron chi connectivity index (χ0n) is 18.5. The molecule has 1 fully saturated rings. The number of carboxylic acids is 1. The van der Waals surface area contributed by atoms with Gasteiger partial charge in [-0.3, -0.25) is 9.55 Å². The van der Waals surface area contributed by atoms with E-state index in [2.05, 4.69) is 16.0 Å². The molecule has 0 unspecified atom stereocenters. The molecule has 0 amide bonds. The van der Waals surface area contributed by atoms with Crippen molar-refractivity contribution in [1.82, 2.24) is 14.5 Å². The zero-order chi connectivity index (χ0) is 23.1. The maximum Gasteiger partial charge on any atom is 0.338 e. The van der Waals surface area contributed by atoms with Gasteiger partial charge in [0.1, 0.15) is 17.4 Å². The summed E-state index contributed by atoms with van der Waals surface area (Å²) in [7, 11) is 0. The van der Waals surface area contributed by atoms with Crippen LogP contribution in [-0.4, -0.2) is 51.9 Å². The van der Waals surface area contributed by atoms with Gasteiger partial charge < -0.3 is 14.7 Å². The Kier molecular flexibility index (Phi) is 5.19. The molecule has 3 heterocycles. The van der Waals surface area contributed by atoms with Crippen LogP contribution >= 0.6 is 0 Å². The van der Waals surface area contributed by atoms with Crippen LogP contribution in [0.1, 0.15) is 34.2 Å². The number of anilines is 1. The minimum atomic E-state index is -1.01. The van der Waals surface area contributed by atoms with E-state index in [1.807, 2.05) is 36.6 Å². The molecule has 0 saturated carbocycles. The summed E-state index contributed by atoms with van der Waals surface area (Å²) in [5, 5.41) is 20.4. The lowest BCUT2D eigenvalue weighted by atomic mass is 10.1. The fourth-order valence-electron chi connectivity index (χ4n) is 4.56. The Morgan fingerprint density at radius 3 is 2.73 bits per heavy atom. The van der Waals surface area contributed by atoms with Gasteiger partial charge in [-0.1, -0.05) is 19.1 Å². The molecular formula is C25H23N5O3. The highest BCUT2D eigenvalue weighted by Crippen LogP contribution is 2.34. The molecule has 2 aromatic carbocycles. The van der Waals surface area contributed by atoms with Crippen molar-refractivity contribution in [2.45, 2.75) is 20.3 Å². The second kappa shape index (κ2) is 8.19. The molecule has 5 rings (SSSR count). The van der Waals surface area contributed by atoms with E-state index in [9.17, 15) is 15.2 Å². The first kappa shape index (κ1) is 20.9. The molecule has 1 aliphatic heterocycles. The highest BCUT2D eigenvalue weighted by atomic mass is 16.5. The van der Waals surface area contributed by atoms with Crippen LogP contribution in [0.3, 0.4) is 0 Å². The topological polar surface area (TPSA) is 104 Å². The van der Waals surface area contributed by atoms with Crippen molar-refractivity contribution in [3.05, 3.63) is 59.0 Å². The van der Waals surface area contributed by atoms with E-state index in [4.69, 9.17) is 9.72 Å². The third-order valence-corrected chi connectivity index (χ3v) is 6.13. The number of benzene rings is 2. The van der Waals surface area contributed by atoms with Gasteiger partial charge in [-0.15, -0.1) is 0 Å². The van der Waals surface area contributed by atoms with Gasteiger partial charge >= 0.3 is 5.97 Å². The summed E-state index contributed by atoms with van der Waals surface area (Å²) in [6.07, 6.45) is 2.37. The number of aryl methyl sites for hydroxylation is 2. The minimum Gasteiger partial charge on any atom is -0.478 e. The number of nitrogens with zero attached hydrogens (tertiary/aromatic N) is 5. The summed E-state index contributed by atoms with van der Waals surface area (Å²) in [4.78, 5) is 23.6. The molecule has 4 aromatic rings. The van der Waals surface area contributed by atoms with Crippen LogP contribution in [0.5, 0.6) is 0 Å². The highest BCUT2D eigenvalue weighted by Gasteiger charge is 2.23. The summed E-state index contributed by atoms with van der Waals surface area (Å²) >= 11 is 0. The lowest BCUT2D eigenvalue weighted by molar-refractivity contribution is 0.0699. The second-order valence-corrected chi connectivity index (χ2v) is 8.09. The Morgan fingerprint density at radius 1 is 1.24 bits per heavy atom. The second-order valence-electron chi connectivity index (χ2n) is 8.09. The normalized spacial score (nSPS) is 14.0. The smallest absolute Gasteiger partial charge is 0.338 e. The van der Waals surface area contributed by atoms with Crippen LogP contribution in [-0.2, 0) is 11.2 Å². The third kappa shape index (κ3) is 3.38. The highest BCUT2D eigenvalue weighted by molar-refractivity contribution is 6.04. The number of carbonyl (C=O) groups is 1. The van der Waals surface area contributed by atoms with Gasteiger partial charge in [-0.25, -0.2) is 9.78 Å². The molecule has 0 radical (unpaired) electrons. The van der Waals surface area contributed by atoms with E-state index in [1.165, 1.54) is 0 Å². The fraction of sp³-hybridized carbons (Fsp3) is 0.280. The van der Waals surface area contributed by atoms with Crippen LogP contribution in [0.4, 0.5) is 5.69 Å². The number of morpholine rings is 1. The Labute approximate surface area is 190 Å². The number of ether oxygens (including phenoxy) is 1. The third-order valence-electron chi connectivity index (χ3n) is 6.13. The van der Waals surface area contributed by atoms with Gasteiger partial charge in [0.25, 0.3) is 0 Å². The minimum absolute atomic E-state index is 0.177. The van der Waals surface area contributed by atoms with Crippen molar-refractivity contribution < 1.29 is 14.6 Å². The predicted octanol–water partition coefficient (Wildman–Crippen LogP) is 3.85. The molecule has 2 aromatic heterocycles. The standard InChI is InChI=1S/C25H23N5O3/c1-3-21-28-23-19(25(31)32)11-17(29-7-9-33-10-8-29)12-20(23)30(21)24-15(2)14-27-22-16(13-26)5-4-6-18(22)24/h4-6,11-12,14H,3,7-10H2,1-2H3,(H,31,32). The number of hydrogen-bond acceptors (Lipinski definition) is 6. The monoisotopic (exact) mass is 441 g/mol. The number of fused-ring (bicyclic) bond motifs is 2. The van der Waals surface area contributed by atoms with Crippen LogP contribution in [0.25, 0.3) is 27.6 Å². The average Bonchev–Trinajstić information content (AvgIpc) is 3.21. The Morgan fingerprint density at radius 2 is 2.03 bits per heavy atom. The van der Waals surface area contributed by atoms with E-state index in [1.54, 1.807) is 18.3 Å². The van der Waals surface area contributed by atoms with Crippen molar-refractivity contribution in [1.29, 1.82) is 5.26 Å². The molecular weight excluding hydrogens is 418 g/mol. The molecule has 0 spiro atoms. The number of nitriles is 1. The number of carboxylic acid groups (broad SMARTS) is 1. The van der Waals surface area contributed by atoms with Crippen LogP contribution in [0.15, 0.2) is 36.5 Å². The molecule has 1 aliphatic rings. The first-order valence-electron chi connectivity index (χ1n) is 10.9. The van der Waals surface area contributed by atoms with Gasteiger partial charge in [-0.05, 0) is 30.7 Å². The number of aromatic carboxylic acids is 1. The van der Waals surface area contributed by atoms with E-state index < -0.39 is 5.97 Å². The van der Waals surface area contributed by atoms with Gasteiger partial charge in [0, 0.05) is 36.8 Å². The van der Waals surface area contributed by atoms with Gasteiger partial charge in [0.05, 0.1) is 41.1 Å². The van der Waals surface area contributed by atoms with Crippen molar-refractivity contribution in [2.75, 3.05) is 31.2 Å². The number of para-hydroxylation sites is 1. The molecule has 1 saturated heterocycles. The lowest BCUT2D eigenvalue weighted by Crippen LogP contribution is -2.36. The first-order valence-corrected chi connectivity index (χ1v) is 10.9. The van der Waals surface area contributed by atoms with Crippen molar-refractivity contribution >= 4 is 33.6 Å². The molecule has 0 aliphatic carbocycles. The van der Waals surface area contributed by atoms with Crippen molar-refractivity contribution in [3.8, 4) is 11.8 Å². The van der Waals surface area contributed by atoms with E-state index in [-0.39, 0.29) is 5.56 Å². The number of aromatic nitrogens is 3. The predicted molar refractivity (Wildman–Crippen MR) is 125 cm³/mol. The Hall–Kier alpha value is -3.96. The number of rotatable bonds is 4. The van der Waals surface area contributed by atoms with Gasteiger partial charge in [-0.2, -0.15) is 5.26 Å². The van der Waals surface area contributed by atoms with Crippen molar-refractivity contribution in [3.63, 3.8) is 0 Å². The summed E-state index contributed by atoms with van der Waals surface area (Å²) in [5.41, 5.74) is 5.09. The maximum absolute atomic E-state index is 12.2. The lowest BCUT2D eigenvalue weighted by Gasteiger charge is -2.29. The quantitative estimate of drug-likeness (QED) is 0.513. The molecule has 33 heavy (non-hydrogen) atoms. The fourth-order valence-corrected chi connectivity index (χ4v) is 4.56. The van der Waals surface area contributed by atoms with Crippen LogP contribution in [0.2, 0.25) is 0 Å². The Balaban J connectivity index is 1.88. The van der Waals surface area contributed by atoms with E-state index >= 15 is 0 Å². The molecule has 166 valence electrons. The average molecular weight is 441 g/mol. The van der Waals surface area contributed by atoms with Gasteiger partial charge in [0.2, 0.25) is 0 Å². The Bertz CT molecular complexity index is 1440. The van der Waals surface area contributed by atoms with E-state index in [0.717, 1.165) is 33.7 Å². The number of hydrogen-bond donors (Lipinski definition) is 1. The largest absolute Gasteiger partial charge is 0.478 e. The molecule has 8 nitrogen and oxygen atoms in total. The number of imidazole rings is 1. The summed E-state index contributed by atoms with van der Waals surface area (Å²) in [5.74, 6) is -0.255. The SMILES string of the molecule is CCc1nc2c(C(=O)O)cc(N3CCOCC3)cc2n1-c1c(C)cnc2c(C#N)cccc12. The summed E-state index contributed by atoms with van der Waals surface area (Å²) < 4.78 is 7.51. The van der Waals surface area contributed by atoms with Crippen LogP contribution in [0, 0.1) is 18.3 Å². The zero-order valence-corrected chi connectivity index (χ0v) is 18.5. The van der Waals surface area contributed by atoms with E-state index in [0.29, 0.717) is 49.3 Å². The molecule has 8 heteroatoms.